The van der Waals surface area contributed by atoms with Crippen molar-refractivity contribution in [2.24, 2.45) is 0 Å². The number of hydrogen-bond donors (Lipinski definition) is 0. The van der Waals surface area contributed by atoms with Crippen molar-refractivity contribution >= 4 is 11.3 Å². The quantitative estimate of drug-likeness (QED) is 0.721. The predicted molar refractivity (Wildman–Crippen MR) is 69.9 cm³/mol. The van der Waals surface area contributed by atoms with Gasteiger partial charge in [-0.3, -0.25) is 0 Å². The zero-order valence-electron chi connectivity index (χ0n) is 10.0. The normalized spacial score (nSPS) is 10.9. The van der Waals surface area contributed by atoms with Gasteiger partial charge in [-0.2, -0.15) is 5.10 Å². The summed E-state index contributed by atoms with van der Waals surface area (Å²) in [7, 11) is 0. The third-order valence-corrected chi connectivity index (χ3v) is 3.55. The highest BCUT2D eigenvalue weighted by Crippen LogP contribution is 2.15. The van der Waals surface area contributed by atoms with Crippen LogP contribution in [-0.4, -0.2) is 24.3 Å². The molecule has 0 aliphatic carbocycles. The van der Waals surface area contributed by atoms with E-state index in [2.05, 4.69) is 26.6 Å². The molecule has 92 valence electrons. The van der Waals surface area contributed by atoms with Crippen molar-refractivity contribution in [2.45, 2.75) is 19.9 Å². The molecule has 0 atom stereocenters. The molecule has 0 amide bonds. The first-order valence-corrected chi connectivity index (χ1v) is 6.69. The van der Waals surface area contributed by atoms with Gasteiger partial charge < -0.3 is 4.57 Å². The van der Waals surface area contributed by atoms with E-state index in [1.807, 2.05) is 28.5 Å². The van der Waals surface area contributed by atoms with Crippen molar-refractivity contribution in [1.82, 2.24) is 24.3 Å². The average molecular weight is 259 g/mol. The van der Waals surface area contributed by atoms with E-state index in [0.29, 0.717) is 0 Å². The number of thiazole rings is 1. The van der Waals surface area contributed by atoms with Crippen molar-refractivity contribution in [1.29, 1.82) is 0 Å². The van der Waals surface area contributed by atoms with E-state index in [4.69, 9.17) is 0 Å². The van der Waals surface area contributed by atoms with Crippen molar-refractivity contribution in [3.63, 3.8) is 0 Å². The summed E-state index contributed by atoms with van der Waals surface area (Å²) < 4.78 is 4.01. The molecule has 0 aliphatic rings. The van der Waals surface area contributed by atoms with Gasteiger partial charge in [-0.1, -0.05) is 0 Å². The molecule has 0 bridgehead atoms. The third kappa shape index (κ3) is 1.95. The maximum Gasteiger partial charge on any atom is 0.210 e. The van der Waals surface area contributed by atoms with Gasteiger partial charge in [0.2, 0.25) is 5.13 Å². The molecule has 3 heterocycles. The predicted octanol–water partition coefficient (Wildman–Crippen LogP) is 2.14. The second-order valence-corrected chi connectivity index (χ2v) is 4.73. The topological polar surface area (TPSA) is 48.5 Å². The number of hydrogen-bond acceptors (Lipinski definition) is 4. The molecular formula is C12H13N5S. The Morgan fingerprint density at radius 3 is 2.94 bits per heavy atom. The van der Waals surface area contributed by atoms with Crippen molar-refractivity contribution in [3.05, 3.63) is 47.8 Å². The van der Waals surface area contributed by atoms with Gasteiger partial charge in [0.25, 0.3) is 0 Å². The molecule has 3 rings (SSSR count). The summed E-state index contributed by atoms with van der Waals surface area (Å²) in [6, 6.07) is 2.01. The van der Waals surface area contributed by atoms with Crippen LogP contribution in [0.25, 0.3) is 5.13 Å². The minimum absolute atomic E-state index is 0.764. The Bertz CT molecular complexity index is 622. The summed E-state index contributed by atoms with van der Waals surface area (Å²) in [6.07, 6.45) is 8.19. The van der Waals surface area contributed by atoms with Crippen molar-refractivity contribution in [3.8, 4) is 5.13 Å². The molecule has 0 fully saturated rings. The lowest BCUT2D eigenvalue weighted by Crippen LogP contribution is -2.07. The minimum atomic E-state index is 0.764. The maximum absolute atomic E-state index is 4.39. The van der Waals surface area contributed by atoms with Crippen LogP contribution in [0.5, 0.6) is 0 Å². The van der Waals surface area contributed by atoms with Crippen LogP contribution in [0.2, 0.25) is 0 Å². The number of imidazole rings is 1. The van der Waals surface area contributed by atoms with Crippen LogP contribution in [0, 0.1) is 0 Å². The van der Waals surface area contributed by atoms with Gasteiger partial charge in [0.15, 0.2) is 0 Å². The van der Waals surface area contributed by atoms with E-state index >= 15 is 0 Å². The van der Waals surface area contributed by atoms with Crippen LogP contribution in [0.4, 0.5) is 0 Å². The lowest BCUT2D eigenvalue weighted by atomic mass is 10.3. The fourth-order valence-corrected chi connectivity index (χ4v) is 2.54. The molecule has 0 spiro atoms. The Hall–Kier alpha value is -1.95. The lowest BCUT2D eigenvalue weighted by molar-refractivity contribution is 0.697. The molecule has 0 aliphatic heterocycles. The Balaban J connectivity index is 1.92. The van der Waals surface area contributed by atoms with E-state index in [1.54, 1.807) is 23.7 Å². The van der Waals surface area contributed by atoms with Gasteiger partial charge in [-0.25, -0.2) is 14.6 Å². The van der Waals surface area contributed by atoms with Gasteiger partial charge in [-0.15, -0.1) is 11.3 Å². The second-order valence-electron chi connectivity index (χ2n) is 3.86. The number of aryl methyl sites for hydroxylation is 1. The Morgan fingerprint density at radius 2 is 2.17 bits per heavy atom. The summed E-state index contributed by atoms with van der Waals surface area (Å²) in [4.78, 5) is 8.67. The standard InChI is InChI=1S/C12H13N5S/c1-2-16-7-5-13-11(16)9-10-3-4-15-17(10)12-14-6-8-18-12/h3-8H,2,9H2,1H3. The molecule has 0 aromatic carbocycles. The first-order valence-electron chi connectivity index (χ1n) is 5.81. The summed E-state index contributed by atoms with van der Waals surface area (Å²) >= 11 is 1.58. The first-order chi connectivity index (χ1) is 8.88. The van der Waals surface area contributed by atoms with Crippen molar-refractivity contribution < 1.29 is 0 Å². The van der Waals surface area contributed by atoms with Crippen LogP contribution >= 0.6 is 11.3 Å². The van der Waals surface area contributed by atoms with Gasteiger partial charge in [0, 0.05) is 43.1 Å². The molecule has 3 aromatic heterocycles. The molecule has 3 aromatic rings. The highest BCUT2D eigenvalue weighted by Gasteiger charge is 2.10. The molecule has 0 saturated heterocycles. The third-order valence-electron chi connectivity index (χ3n) is 2.80. The van der Waals surface area contributed by atoms with Crippen molar-refractivity contribution in [2.75, 3.05) is 0 Å². The molecule has 6 heteroatoms. The number of aromatic nitrogens is 5. The van der Waals surface area contributed by atoms with Crippen LogP contribution in [0.15, 0.2) is 36.2 Å². The largest absolute Gasteiger partial charge is 0.335 e. The summed E-state index contributed by atoms with van der Waals surface area (Å²) in [5.74, 6) is 1.05. The van der Waals surface area contributed by atoms with Crippen LogP contribution in [0.1, 0.15) is 18.4 Å². The van der Waals surface area contributed by atoms with E-state index < -0.39 is 0 Å². The Morgan fingerprint density at radius 1 is 1.22 bits per heavy atom. The molecular weight excluding hydrogens is 246 g/mol. The molecule has 0 N–H and O–H groups in total. The molecule has 0 saturated carbocycles. The summed E-state index contributed by atoms with van der Waals surface area (Å²) in [6.45, 7) is 3.05. The molecule has 5 nitrogen and oxygen atoms in total. The number of nitrogens with zero attached hydrogens (tertiary/aromatic N) is 5. The van der Waals surface area contributed by atoms with Gasteiger partial charge >= 0.3 is 0 Å². The smallest absolute Gasteiger partial charge is 0.210 e. The zero-order chi connectivity index (χ0) is 12.4. The highest BCUT2D eigenvalue weighted by atomic mass is 32.1. The van der Waals surface area contributed by atoms with Gasteiger partial charge in [0.05, 0.1) is 5.69 Å². The van der Waals surface area contributed by atoms with E-state index in [-0.39, 0.29) is 0 Å². The Kier molecular flexibility index (Phi) is 2.93. The van der Waals surface area contributed by atoms with Gasteiger partial charge in [-0.05, 0) is 13.0 Å². The zero-order valence-corrected chi connectivity index (χ0v) is 10.8. The summed E-state index contributed by atoms with van der Waals surface area (Å²) in [5.41, 5.74) is 1.10. The molecule has 18 heavy (non-hydrogen) atoms. The van der Waals surface area contributed by atoms with Crippen LogP contribution in [-0.2, 0) is 13.0 Å². The number of rotatable bonds is 4. The van der Waals surface area contributed by atoms with Gasteiger partial charge in [0.1, 0.15) is 5.82 Å². The summed E-state index contributed by atoms with van der Waals surface area (Å²) in [5, 5.41) is 7.17. The van der Waals surface area contributed by atoms with E-state index in [9.17, 15) is 0 Å². The van der Waals surface area contributed by atoms with Crippen LogP contribution in [0.3, 0.4) is 0 Å². The second kappa shape index (κ2) is 4.73. The average Bonchev–Trinajstić information content (AvgIpc) is 3.09. The molecule has 0 unspecified atom stereocenters. The maximum atomic E-state index is 4.39. The minimum Gasteiger partial charge on any atom is -0.335 e. The fourth-order valence-electron chi connectivity index (χ4n) is 1.91. The molecule has 0 radical (unpaired) electrons. The van der Waals surface area contributed by atoms with E-state index in [0.717, 1.165) is 29.6 Å². The SMILES string of the molecule is CCn1ccnc1Cc1ccnn1-c1nccs1. The lowest BCUT2D eigenvalue weighted by Gasteiger charge is -2.06. The highest BCUT2D eigenvalue weighted by molar-refractivity contribution is 7.12. The van der Waals surface area contributed by atoms with Crippen LogP contribution < -0.4 is 0 Å². The fraction of sp³-hybridized carbons (Fsp3) is 0.250. The van der Waals surface area contributed by atoms with E-state index in [1.165, 1.54) is 0 Å². The Labute approximate surface area is 109 Å². The first kappa shape index (κ1) is 11.2. The monoisotopic (exact) mass is 259 g/mol.